The van der Waals surface area contributed by atoms with E-state index in [0.717, 1.165) is 19.4 Å². The molecule has 2 aliphatic heterocycles. The van der Waals surface area contributed by atoms with Gasteiger partial charge in [-0.3, -0.25) is 4.79 Å². The first-order valence-corrected chi connectivity index (χ1v) is 9.42. The summed E-state index contributed by atoms with van der Waals surface area (Å²) in [5, 5.41) is 2.55. The van der Waals surface area contributed by atoms with E-state index in [1.807, 2.05) is 0 Å². The zero-order valence-electron chi connectivity index (χ0n) is 12.3. The minimum atomic E-state index is -3.32. The molecule has 0 aromatic rings. The van der Waals surface area contributed by atoms with E-state index >= 15 is 0 Å². The Kier molecular flexibility index (Phi) is 4.51. The number of piperidine rings is 1. The molecule has 2 atom stereocenters. The molecule has 21 heavy (non-hydrogen) atoms. The maximum atomic E-state index is 12.5. The lowest BCUT2D eigenvalue weighted by Crippen LogP contribution is -2.48. The van der Waals surface area contributed by atoms with Gasteiger partial charge < -0.3 is 10.1 Å². The largest absolute Gasteiger partial charge is 0.380 e. The van der Waals surface area contributed by atoms with Crippen molar-refractivity contribution in [3.8, 4) is 0 Å². The lowest BCUT2D eigenvalue weighted by molar-refractivity contribution is -0.126. The monoisotopic (exact) mass is 316 g/mol. The molecule has 0 bridgehead atoms. The quantitative estimate of drug-likeness (QED) is 0.794. The van der Waals surface area contributed by atoms with Crippen LogP contribution in [0.15, 0.2) is 0 Å². The van der Waals surface area contributed by atoms with Crippen molar-refractivity contribution < 1.29 is 17.9 Å². The van der Waals surface area contributed by atoms with E-state index in [2.05, 4.69) is 5.32 Å². The summed E-state index contributed by atoms with van der Waals surface area (Å²) in [6, 6.07) is 0. The third-order valence-electron chi connectivity index (χ3n) is 4.69. The Balaban J connectivity index is 1.57. The van der Waals surface area contributed by atoms with Crippen LogP contribution in [0.25, 0.3) is 0 Å². The van der Waals surface area contributed by atoms with Crippen molar-refractivity contribution in [3.05, 3.63) is 0 Å². The summed E-state index contributed by atoms with van der Waals surface area (Å²) < 4.78 is 31.8. The van der Waals surface area contributed by atoms with E-state index in [1.165, 1.54) is 17.1 Å². The fourth-order valence-corrected chi connectivity index (χ4v) is 4.91. The molecule has 1 saturated carbocycles. The predicted molar refractivity (Wildman–Crippen MR) is 78.2 cm³/mol. The maximum absolute atomic E-state index is 12.5. The summed E-state index contributed by atoms with van der Waals surface area (Å²) in [4.78, 5) is 12.2. The average molecular weight is 316 g/mol. The first-order chi connectivity index (χ1) is 10.1. The van der Waals surface area contributed by atoms with E-state index in [9.17, 15) is 13.2 Å². The maximum Gasteiger partial charge on any atom is 0.224 e. The van der Waals surface area contributed by atoms with Crippen LogP contribution in [0.4, 0.5) is 0 Å². The smallest absolute Gasteiger partial charge is 0.224 e. The lowest BCUT2D eigenvalue weighted by Gasteiger charge is -2.32. The molecule has 2 unspecified atom stereocenters. The van der Waals surface area contributed by atoms with Gasteiger partial charge in [0.25, 0.3) is 0 Å². The van der Waals surface area contributed by atoms with Gasteiger partial charge in [-0.2, -0.15) is 0 Å². The molecule has 1 aliphatic carbocycles. The number of hydrogen-bond acceptors (Lipinski definition) is 4. The number of nitrogens with one attached hydrogen (secondary N) is 1. The second kappa shape index (κ2) is 6.22. The molecular formula is C14H24N2O4S. The molecule has 2 saturated heterocycles. The van der Waals surface area contributed by atoms with Gasteiger partial charge in [-0.05, 0) is 38.0 Å². The number of rotatable bonds is 5. The Morgan fingerprint density at radius 2 is 2.05 bits per heavy atom. The summed E-state index contributed by atoms with van der Waals surface area (Å²) in [7, 11) is -3.32. The molecule has 0 radical (unpaired) electrons. The van der Waals surface area contributed by atoms with Gasteiger partial charge in [-0.25, -0.2) is 12.7 Å². The van der Waals surface area contributed by atoms with Gasteiger partial charge in [0.1, 0.15) is 5.25 Å². The molecule has 3 fully saturated rings. The van der Waals surface area contributed by atoms with Crippen molar-refractivity contribution in [1.82, 2.24) is 9.62 Å². The van der Waals surface area contributed by atoms with Crippen LogP contribution in [0.3, 0.4) is 0 Å². The van der Waals surface area contributed by atoms with Crippen LogP contribution in [0.1, 0.15) is 32.1 Å². The topological polar surface area (TPSA) is 75.7 Å². The van der Waals surface area contributed by atoms with Crippen LogP contribution < -0.4 is 5.32 Å². The summed E-state index contributed by atoms with van der Waals surface area (Å²) in [6.45, 7) is 2.42. The third kappa shape index (κ3) is 3.57. The fourth-order valence-electron chi connectivity index (χ4n) is 3.06. The van der Waals surface area contributed by atoms with Crippen molar-refractivity contribution in [3.63, 3.8) is 0 Å². The zero-order valence-corrected chi connectivity index (χ0v) is 13.1. The second-order valence-corrected chi connectivity index (χ2v) is 8.63. The Hall–Kier alpha value is -0.660. The molecule has 0 aromatic carbocycles. The first-order valence-electron chi connectivity index (χ1n) is 7.92. The Morgan fingerprint density at radius 1 is 1.24 bits per heavy atom. The molecule has 120 valence electrons. The van der Waals surface area contributed by atoms with Gasteiger partial charge in [-0.1, -0.05) is 0 Å². The normalized spacial score (nSPS) is 31.2. The summed E-state index contributed by atoms with van der Waals surface area (Å²) >= 11 is 0. The molecule has 3 rings (SSSR count). The molecule has 7 heteroatoms. The van der Waals surface area contributed by atoms with Crippen LogP contribution in [0, 0.1) is 11.8 Å². The summed E-state index contributed by atoms with van der Waals surface area (Å²) in [5.74, 6) is 0.465. The van der Waals surface area contributed by atoms with E-state index in [-0.39, 0.29) is 18.4 Å². The van der Waals surface area contributed by atoms with E-state index in [0.29, 0.717) is 32.0 Å². The highest BCUT2D eigenvalue weighted by Crippen LogP contribution is 2.28. The summed E-state index contributed by atoms with van der Waals surface area (Å²) in [6.07, 6.45) is 4.51. The van der Waals surface area contributed by atoms with E-state index in [1.54, 1.807) is 0 Å². The van der Waals surface area contributed by atoms with Crippen molar-refractivity contribution in [1.29, 1.82) is 0 Å². The molecule has 1 amide bonds. The second-order valence-electron chi connectivity index (χ2n) is 6.42. The van der Waals surface area contributed by atoms with E-state index < -0.39 is 15.3 Å². The average Bonchev–Trinajstić information content (AvgIpc) is 3.15. The number of amides is 1. The van der Waals surface area contributed by atoms with E-state index in [4.69, 9.17) is 4.74 Å². The van der Waals surface area contributed by atoms with Gasteiger partial charge in [0, 0.05) is 26.2 Å². The van der Waals surface area contributed by atoms with Crippen LogP contribution in [-0.4, -0.2) is 56.7 Å². The molecule has 3 aliphatic rings. The van der Waals surface area contributed by atoms with Crippen molar-refractivity contribution in [2.75, 3.05) is 32.8 Å². The van der Waals surface area contributed by atoms with Gasteiger partial charge in [0.2, 0.25) is 15.9 Å². The molecule has 0 aromatic heterocycles. The minimum Gasteiger partial charge on any atom is -0.380 e. The number of hydrogen-bond donors (Lipinski definition) is 1. The Morgan fingerprint density at radius 3 is 2.71 bits per heavy atom. The van der Waals surface area contributed by atoms with Gasteiger partial charge in [0.15, 0.2) is 0 Å². The van der Waals surface area contributed by atoms with Crippen molar-refractivity contribution in [2.45, 2.75) is 37.4 Å². The number of carbonyl (C=O) groups is 1. The highest BCUT2D eigenvalue weighted by molar-refractivity contribution is 7.89. The number of sulfonamides is 1. The third-order valence-corrected chi connectivity index (χ3v) is 6.95. The predicted octanol–water partition coefficient (Wildman–Crippen LogP) is 0.343. The molecule has 6 nitrogen and oxygen atoms in total. The lowest BCUT2D eigenvalue weighted by atomic mass is 9.99. The highest BCUT2D eigenvalue weighted by Gasteiger charge is 2.38. The van der Waals surface area contributed by atoms with Gasteiger partial charge in [-0.15, -0.1) is 0 Å². The number of nitrogens with zero attached hydrogens (tertiary/aromatic N) is 1. The van der Waals surface area contributed by atoms with Crippen LogP contribution in [-0.2, 0) is 19.6 Å². The number of ether oxygens (including phenoxy) is 1. The molecule has 1 N–H and O–H groups in total. The van der Waals surface area contributed by atoms with Gasteiger partial charge in [0.05, 0.1) is 12.5 Å². The van der Waals surface area contributed by atoms with Crippen molar-refractivity contribution in [2.24, 2.45) is 11.8 Å². The SMILES string of the molecule is O=C(NCC1CC1)C1CCCN(S(=O)(=O)C2CCOC2)C1. The zero-order chi connectivity index (χ0) is 14.9. The summed E-state index contributed by atoms with van der Waals surface area (Å²) in [5.41, 5.74) is 0. The minimum absolute atomic E-state index is 0.0180. The van der Waals surface area contributed by atoms with Crippen LogP contribution in [0.5, 0.6) is 0 Å². The van der Waals surface area contributed by atoms with Gasteiger partial charge >= 0.3 is 0 Å². The first kappa shape index (κ1) is 15.2. The van der Waals surface area contributed by atoms with Crippen molar-refractivity contribution >= 4 is 15.9 Å². The fraction of sp³-hybridized carbons (Fsp3) is 0.929. The molecule has 0 spiro atoms. The van der Waals surface area contributed by atoms with Crippen LogP contribution >= 0.6 is 0 Å². The highest BCUT2D eigenvalue weighted by atomic mass is 32.2. The molecule has 2 heterocycles. The number of carbonyl (C=O) groups excluding carboxylic acids is 1. The molecular weight excluding hydrogens is 292 g/mol. The standard InChI is InChI=1S/C14H24N2O4S/c17-14(15-8-11-3-4-11)12-2-1-6-16(9-12)21(18,19)13-5-7-20-10-13/h11-13H,1-10H2,(H,15,17). The van der Waals surface area contributed by atoms with Crippen LogP contribution in [0.2, 0.25) is 0 Å². The Bertz CT molecular complexity index is 483. The Labute approximate surface area is 126 Å².